The van der Waals surface area contributed by atoms with E-state index in [1.54, 1.807) is 12.3 Å². The summed E-state index contributed by atoms with van der Waals surface area (Å²) < 4.78 is 4.58. The number of nitrogens with zero attached hydrogens (tertiary/aromatic N) is 2. The molecule has 5 nitrogen and oxygen atoms in total. The lowest BCUT2D eigenvalue weighted by Gasteiger charge is -2.06. The Morgan fingerprint density at radius 3 is 3.17 bits per heavy atom. The third kappa shape index (κ3) is 3.29. The molecule has 0 amide bonds. The predicted molar refractivity (Wildman–Crippen MR) is 68.4 cm³/mol. The van der Waals surface area contributed by atoms with Gasteiger partial charge in [0.2, 0.25) is 5.82 Å². The number of esters is 1. The molecule has 0 aromatic carbocycles. The van der Waals surface area contributed by atoms with Crippen LogP contribution in [0.15, 0.2) is 23.9 Å². The normalized spacial score (nSPS) is 14.2. The van der Waals surface area contributed by atoms with Crippen molar-refractivity contribution in [2.45, 2.75) is 25.7 Å². The van der Waals surface area contributed by atoms with Crippen molar-refractivity contribution in [1.82, 2.24) is 9.97 Å². The molecule has 0 radical (unpaired) electrons. The molecule has 0 aliphatic heterocycles. The number of aromatic nitrogens is 2. The van der Waals surface area contributed by atoms with Crippen molar-refractivity contribution < 1.29 is 9.53 Å². The van der Waals surface area contributed by atoms with Gasteiger partial charge in [-0.2, -0.15) is 0 Å². The molecule has 5 heteroatoms. The molecule has 0 fully saturated rings. The number of rotatable bonds is 5. The van der Waals surface area contributed by atoms with Gasteiger partial charge in [-0.25, -0.2) is 14.8 Å². The summed E-state index contributed by atoms with van der Waals surface area (Å²) in [6.45, 7) is 0.823. The molecule has 0 atom stereocenters. The van der Waals surface area contributed by atoms with Gasteiger partial charge in [-0.1, -0.05) is 11.6 Å². The Kier molecular flexibility index (Phi) is 4.28. The lowest BCUT2D eigenvalue weighted by Crippen LogP contribution is -2.10. The lowest BCUT2D eigenvalue weighted by molar-refractivity contribution is 0.0587. The molecule has 1 aromatic rings. The van der Waals surface area contributed by atoms with Crippen LogP contribution in [-0.4, -0.2) is 29.6 Å². The first-order valence-electron chi connectivity index (χ1n) is 6.13. The van der Waals surface area contributed by atoms with Crippen molar-refractivity contribution >= 4 is 11.8 Å². The van der Waals surface area contributed by atoms with Crippen LogP contribution in [0.2, 0.25) is 0 Å². The second-order valence-electron chi connectivity index (χ2n) is 4.19. The summed E-state index contributed by atoms with van der Waals surface area (Å²) in [4.78, 5) is 19.2. The highest BCUT2D eigenvalue weighted by Gasteiger charge is 2.09. The smallest absolute Gasteiger partial charge is 0.376 e. The number of nitrogens with one attached hydrogen (secondary N) is 1. The van der Waals surface area contributed by atoms with Crippen molar-refractivity contribution in [3.63, 3.8) is 0 Å². The average Bonchev–Trinajstić information content (AvgIpc) is 2.91. The largest absolute Gasteiger partial charge is 0.463 e. The average molecular weight is 247 g/mol. The maximum absolute atomic E-state index is 11.3. The quantitative estimate of drug-likeness (QED) is 0.638. The predicted octanol–water partition coefficient (Wildman–Crippen LogP) is 2.18. The number of hydrogen-bond acceptors (Lipinski definition) is 5. The summed E-state index contributed by atoms with van der Waals surface area (Å²) in [6.07, 6.45) is 8.57. The monoisotopic (exact) mass is 247 g/mol. The summed E-state index contributed by atoms with van der Waals surface area (Å²) in [5, 5.41) is 3.19. The van der Waals surface area contributed by atoms with Gasteiger partial charge in [0.05, 0.1) is 7.11 Å². The first-order valence-corrected chi connectivity index (χ1v) is 6.13. The molecule has 18 heavy (non-hydrogen) atoms. The van der Waals surface area contributed by atoms with Crippen molar-refractivity contribution in [2.75, 3.05) is 19.0 Å². The first kappa shape index (κ1) is 12.5. The summed E-state index contributed by atoms with van der Waals surface area (Å²) in [5.41, 5.74) is 1.50. The van der Waals surface area contributed by atoms with E-state index in [-0.39, 0.29) is 5.82 Å². The van der Waals surface area contributed by atoms with Gasteiger partial charge >= 0.3 is 5.97 Å². The number of hydrogen-bond donors (Lipinski definition) is 1. The van der Waals surface area contributed by atoms with Gasteiger partial charge < -0.3 is 10.1 Å². The van der Waals surface area contributed by atoms with Crippen LogP contribution in [0.3, 0.4) is 0 Å². The minimum Gasteiger partial charge on any atom is -0.463 e. The molecular weight excluding hydrogens is 230 g/mol. The fourth-order valence-electron chi connectivity index (χ4n) is 1.96. The van der Waals surface area contributed by atoms with Crippen LogP contribution < -0.4 is 5.32 Å². The Morgan fingerprint density at radius 2 is 2.44 bits per heavy atom. The van der Waals surface area contributed by atoms with Crippen molar-refractivity contribution in [2.24, 2.45) is 0 Å². The number of anilines is 1. The molecule has 1 aliphatic carbocycles. The lowest BCUT2D eigenvalue weighted by atomic mass is 10.2. The zero-order chi connectivity index (χ0) is 12.8. The van der Waals surface area contributed by atoms with E-state index in [1.165, 1.54) is 31.9 Å². The van der Waals surface area contributed by atoms with E-state index in [9.17, 15) is 4.79 Å². The summed E-state index contributed by atoms with van der Waals surface area (Å²) in [7, 11) is 1.32. The zero-order valence-electron chi connectivity index (χ0n) is 10.5. The first-order chi connectivity index (χ1) is 8.79. The highest BCUT2D eigenvalue weighted by atomic mass is 16.5. The molecule has 0 saturated carbocycles. The van der Waals surface area contributed by atoms with E-state index in [4.69, 9.17) is 0 Å². The molecule has 0 saturated heterocycles. The molecule has 0 unspecified atom stereocenters. The minimum absolute atomic E-state index is 0.0857. The Morgan fingerprint density at radius 1 is 1.56 bits per heavy atom. The van der Waals surface area contributed by atoms with E-state index < -0.39 is 5.97 Å². The van der Waals surface area contributed by atoms with Gasteiger partial charge in [0.1, 0.15) is 5.82 Å². The third-order valence-electron chi connectivity index (χ3n) is 2.91. The molecule has 1 heterocycles. The number of carbonyl (C=O) groups is 1. The fraction of sp³-hybridized carbons (Fsp3) is 0.462. The second kappa shape index (κ2) is 6.14. The number of allylic oxidation sites excluding steroid dienone is 1. The Hall–Kier alpha value is -1.91. The van der Waals surface area contributed by atoms with Crippen LogP contribution >= 0.6 is 0 Å². The van der Waals surface area contributed by atoms with E-state index in [2.05, 4.69) is 26.1 Å². The van der Waals surface area contributed by atoms with Crippen LogP contribution in [0, 0.1) is 0 Å². The number of carbonyl (C=O) groups excluding carboxylic acids is 1. The van der Waals surface area contributed by atoms with Crippen molar-refractivity contribution in [1.29, 1.82) is 0 Å². The standard InChI is InChI=1S/C13H17N3O2/c1-18-13(17)12-15-9-7-11(16-12)14-8-6-10-4-2-3-5-10/h4,7,9H,2-3,5-6,8H2,1H3,(H,14,15,16). The molecule has 1 aliphatic rings. The third-order valence-corrected chi connectivity index (χ3v) is 2.91. The molecule has 0 spiro atoms. The van der Waals surface area contributed by atoms with Gasteiger partial charge in [-0.05, 0) is 31.7 Å². The summed E-state index contributed by atoms with van der Waals surface area (Å²) in [6, 6.07) is 1.75. The number of ether oxygens (including phenoxy) is 1. The van der Waals surface area contributed by atoms with Gasteiger partial charge in [0.25, 0.3) is 0 Å². The molecule has 1 N–H and O–H groups in total. The number of methoxy groups -OCH3 is 1. The van der Waals surface area contributed by atoms with Crippen molar-refractivity contribution in [3.05, 3.63) is 29.7 Å². The highest BCUT2D eigenvalue weighted by Crippen LogP contribution is 2.20. The Balaban J connectivity index is 1.87. The van der Waals surface area contributed by atoms with E-state index in [0.717, 1.165) is 13.0 Å². The Bertz CT molecular complexity index is 457. The van der Waals surface area contributed by atoms with Gasteiger partial charge in [-0.3, -0.25) is 0 Å². The molecule has 1 aromatic heterocycles. The molecule has 96 valence electrons. The van der Waals surface area contributed by atoms with Crippen LogP contribution in [0.1, 0.15) is 36.3 Å². The van der Waals surface area contributed by atoms with Crippen molar-refractivity contribution in [3.8, 4) is 0 Å². The minimum atomic E-state index is -0.517. The summed E-state index contributed by atoms with van der Waals surface area (Å²) >= 11 is 0. The zero-order valence-corrected chi connectivity index (χ0v) is 10.5. The molecule has 2 rings (SSSR count). The SMILES string of the molecule is COC(=O)c1nccc(NCCC2=CCCC2)n1. The highest BCUT2D eigenvalue weighted by molar-refractivity contribution is 5.85. The van der Waals surface area contributed by atoms with Crippen LogP contribution in [0.5, 0.6) is 0 Å². The van der Waals surface area contributed by atoms with Crippen LogP contribution in [0.25, 0.3) is 0 Å². The Labute approximate surface area is 106 Å². The molecule has 0 bridgehead atoms. The van der Waals surface area contributed by atoms with Gasteiger partial charge in [0.15, 0.2) is 0 Å². The maximum atomic E-state index is 11.3. The van der Waals surface area contributed by atoms with E-state index in [0.29, 0.717) is 5.82 Å². The van der Waals surface area contributed by atoms with E-state index in [1.807, 2.05) is 0 Å². The van der Waals surface area contributed by atoms with E-state index >= 15 is 0 Å². The maximum Gasteiger partial charge on any atom is 0.376 e. The van der Waals surface area contributed by atoms with Gasteiger partial charge in [-0.15, -0.1) is 0 Å². The second-order valence-corrected chi connectivity index (χ2v) is 4.19. The van der Waals surface area contributed by atoms with Crippen LogP contribution in [0.4, 0.5) is 5.82 Å². The van der Waals surface area contributed by atoms with Crippen LogP contribution in [-0.2, 0) is 4.74 Å². The van der Waals surface area contributed by atoms with Gasteiger partial charge in [0, 0.05) is 12.7 Å². The topological polar surface area (TPSA) is 64.1 Å². The molecular formula is C13H17N3O2. The fourth-order valence-corrected chi connectivity index (χ4v) is 1.96. The summed E-state index contributed by atoms with van der Waals surface area (Å²) in [5.74, 6) is 0.226.